The van der Waals surface area contributed by atoms with Gasteiger partial charge in [0.25, 0.3) is 0 Å². The number of rotatable bonds is 7. The van der Waals surface area contributed by atoms with Crippen molar-refractivity contribution in [3.05, 3.63) is 46.0 Å². The van der Waals surface area contributed by atoms with Crippen molar-refractivity contribution in [2.75, 3.05) is 13.2 Å². The van der Waals surface area contributed by atoms with Crippen molar-refractivity contribution in [3.8, 4) is 5.75 Å². The molecule has 8 nitrogen and oxygen atoms in total. The Balaban J connectivity index is 2.88. The monoisotopic (exact) mass is 294 g/mol. The molecule has 1 amide bonds. The van der Waals surface area contributed by atoms with Crippen LogP contribution in [-0.4, -0.2) is 30.0 Å². The number of benzene rings is 1. The molecule has 0 aromatic heterocycles. The number of nitro groups is 1. The zero-order valence-electron chi connectivity index (χ0n) is 11.3. The molecule has 0 atom stereocenters. The number of nitro benzene ring substituents is 1. The highest BCUT2D eigenvalue weighted by Crippen LogP contribution is 2.28. The number of nitrogens with zero attached hydrogens (tertiary/aromatic N) is 1. The molecule has 0 spiro atoms. The molecular weight excluding hydrogens is 280 g/mol. The predicted octanol–water partition coefficient (Wildman–Crippen LogP) is 1.19. The molecular formula is C13H14N2O6. The average molecular weight is 294 g/mol. The van der Waals surface area contributed by atoms with Crippen LogP contribution in [0.1, 0.15) is 17.3 Å². The summed E-state index contributed by atoms with van der Waals surface area (Å²) < 4.78 is 9.88. The number of esters is 1. The van der Waals surface area contributed by atoms with Crippen molar-refractivity contribution in [2.45, 2.75) is 6.92 Å². The van der Waals surface area contributed by atoms with E-state index in [1.165, 1.54) is 12.1 Å². The fraction of sp³-hybridized carbons (Fsp3) is 0.231. The van der Waals surface area contributed by atoms with Crippen LogP contribution in [0.2, 0.25) is 0 Å². The summed E-state index contributed by atoms with van der Waals surface area (Å²) in [6.45, 7) is 5.02. The molecule has 0 bridgehead atoms. The highest BCUT2D eigenvalue weighted by atomic mass is 16.6. The molecule has 0 saturated heterocycles. The third-order valence-corrected chi connectivity index (χ3v) is 2.41. The van der Waals surface area contributed by atoms with E-state index in [1.807, 2.05) is 0 Å². The summed E-state index contributed by atoms with van der Waals surface area (Å²) in [6.07, 6.45) is 0. The van der Waals surface area contributed by atoms with Crippen molar-refractivity contribution < 1.29 is 24.0 Å². The second-order valence-electron chi connectivity index (χ2n) is 3.92. The summed E-state index contributed by atoms with van der Waals surface area (Å²) >= 11 is 0. The third-order valence-electron chi connectivity index (χ3n) is 2.41. The summed E-state index contributed by atoms with van der Waals surface area (Å²) in [4.78, 5) is 32.6. The Labute approximate surface area is 120 Å². The molecule has 0 fully saturated rings. The van der Waals surface area contributed by atoms with Crippen LogP contribution < -0.4 is 10.5 Å². The van der Waals surface area contributed by atoms with Crippen molar-refractivity contribution in [3.63, 3.8) is 0 Å². The second kappa shape index (κ2) is 7.04. The Morgan fingerprint density at radius 1 is 1.43 bits per heavy atom. The Morgan fingerprint density at radius 2 is 2.10 bits per heavy atom. The van der Waals surface area contributed by atoms with Crippen molar-refractivity contribution >= 4 is 17.6 Å². The molecule has 0 saturated carbocycles. The summed E-state index contributed by atoms with van der Waals surface area (Å²) in [6, 6.07) is 3.53. The van der Waals surface area contributed by atoms with Gasteiger partial charge in [-0.15, -0.1) is 0 Å². The first kappa shape index (κ1) is 16.2. The molecule has 0 heterocycles. The van der Waals surface area contributed by atoms with E-state index >= 15 is 0 Å². The Morgan fingerprint density at radius 3 is 2.62 bits per heavy atom. The minimum absolute atomic E-state index is 0.0155. The molecule has 0 aliphatic heterocycles. The van der Waals surface area contributed by atoms with Crippen molar-refractivity contribution in [2.24, 2.45) is 5.73 Å². The van der Waals surface area contributed by atoms with E-state index in [9.17, 15) is 19.7 Å². The van der Waals surface area contributed by atoms with Crippen LogP contribution in [0.15, 0.2) is 30.4 Å². The van der Waals surface area contributed by atoms with E-state index in [0.717, 1.165) is 6.07 Å². The fourth-order valence-corrected chi connectivity index (χ4v) is 1.39. The van der Waals surface area contributed by atoms with E-state index in [1.54, 1.807) is 6.92 Å². The summed E-state index contributed by atoms with van der Waals surface area (Å²) in [5, 5.41) is 10.9. The average Bonchev–Trinajstić information content (AvgIpc) is 2.44. The van der Waals surface area contributed by atoms with E-state index in [4.69, 9.17) is 15.2 Å². The zero-order valence-corrected chi connectivity index (χ0v) is 11.3. The number of ether oxygens (including phenoxy) is 2. The highest BCUT2D eigenvalue weighted by Gasteiger charge is 2.19. The molecule has 21 heavy (non-hydrogen) atoms. The number of amides is 1. The minimum atomic E-state index is -0.791. The normalized spacial score (nSPS) is 9.76. The lowest BCUT2D eigenvalue weighted by Crippen LogP contribution is -2.14. The zero-order chi connectivity index (χ0) is 16.0. The Bertz CT molecular complexity index is 596. The van der Waals surface area contributed by atoms with E-state index in [0.29, 0.717) is 0 Å². The molecule has 1 rings (SSSR count). The molecule has 0 aliphatic rings. The van der Waals surface area contributed by atoms with Crippen LogP contribution in [0.4, 0.5) is 5.69 Å². The Hall–Kier alpha value is -2.90. The van der Waals surface area contributed by atoms with E-state index < -0.39 is 22.5 Å². The van der Waals surface area contributed by atoms with Crippen LogP contribution in [0.25, 0.3) is 0 Å². The molecule has 1 aromatic rings. The quantitative estimate of drug-likeness (QED) is 0.349. The van der Waals surface area contributed by atoms with Crippen LogP contribution in [0.5, 0.6) is 5.75 Å². The first-order valence-corrected chi connectivity index (χ1v) is 5.92. The number of hydrogen-bond donors (Lipinski definition) is 1. The van der Waals surface area contributed by atoms with Gasteiger partial charge >= 0.3 is 11.7 Å². The number of primary amides is 1. The molecule has 0 radical (unpaired) electrons. The predicted molar refractivity (Wildman–Crippen MR) is 72.9 cm³/mol. The number of nitrogens with two attached hydrogens (primary N) is 1. The molecule has 2 N–H and O–H groups in total. The van der Waals surface area contributed by atoms with Gasteiger partial charge in [-0.3, -0.25) is 14.9 Å². The van der Waals surface area contributed by atoms with Crippen molar-refractivity contribution in [1.82, 2.24) is 0 Å². The lowest BCUT2D eigenvalue weighted by molar-refractivity contribution is -0.385. The fourth-order valence-electron chi connectivity index (χ4n) is 1.39. The molecule has 0 unspecified atom stereocenters. The number of hydrogen-bond acceptors (Lipinski definition) is 6. The van der Waals surface area contributed by atoms with Gasteiger partial charge in [0.05, 0.1) is 17.1 Å². The maximum atomic E-state index is 11.3. The Kier molecular flexibility index (Phi) is 5.41. The molecule has 0 aliphatic carbocycles. The first-order valence-electron chi connectivity index (χ1n) is 5.92. The van der Waals surface area contributed by atoms with Gasteiger partial charge in [0.15, 0.2) is 5.75 Å². The largest absolute Gasteiger partial charge is 0.482 e. The molecule has 1 aromatic carbocycles. The van der Waals surface area contributed by atoms with Gasteiger partial charge in [-0.25, -0.2) is 4.79 Å². The van der Waals surface area contributed by atoms with Gasteiger partial charge in [0, 0.05) is 11.6 Å². The second-order valence-corrected chi connectivity index (χ2v) is 3.92. The smallest absolute Gasteiger partial charge is 0.336 e. The van der Waals surface area contributed by atoms with E-state index in [-0.39, 0.29) is 30.1 Å². The lowest BCUT2D eigenvalue weighted by atomic mass is 10.2. The maximum Gasteiger partial charge on any atom is 0.336 e. The summed E-state index contributed by atoms with van der Waals surface area (Å²) in [5.74, 6) is -1.54. The lowest BCUT2D eigenvalue weighted by Gasteiger charge is -2.09. The first-order chi connectivity index (χ1) is 9.86. The van der Waals surface area contributed by atoms with Gasteiger partial charge in [0.1, 0.15) is 6.61 Å². The van der Waals surface area contributed by atoms with Gasteiger partial charge in [0.2, 0.25) is 5.91 Å². The maximum absolute atomic E-state index is 11.3. The van der Waals surface area contributed by atoms with Crippen molar-refractivity contribution in [1.29, 1.82) is 0 Å². The van der Waals surface area contributed by atoms with E-state index in [2.05, 4.69) is 6.58 Å². The number of carbonyl (C=O) groups is 2. The van der Waals surface area contributed by atoms with Crippen LogP contribution in [0.3, 0.4) is 0 Å². The topological polar surface area (TPSA) is 122 Å². The van der Waals surface area contributed by atoms with Gasteiger partial charge in [-0.1, -0.05) is 6.58 Å². The molecule has 112 valence electrons. The SMILES string of the molecule is C=C(COc1ccc(C(N)=O)cc1[N+](=O)[O-])C(=O)OCC. The van der Waals surface area contributed by atoms with Gasteiger partial charge in [-0.05, 0) is 19.1 Å². The standard InChI is InChI=1S/C13H14N2O6/c1-3-20-13(17)8(2)7-21-11-5-4-9(12(14)16)6-10(11)15(18)19/h4-6H,2-3,7H2,1H3,(H2,14,16). The third kappa shape index (κ3) is 4.30. The van der Waals surface area contributed by atoms with Crippen LogP contribution in [-0.2, 0) is 9.53 Å². The van der Waals surface area contributed by atoms with Gasteiger partial charge < -0.3 is 15.2 Å². The van der Waals surface area contributed by atoms with Gasteiger partial charge in [-0.2, -0.15) is 0 Å². The van der Waals surface area contributed by atoms with Crippen LogP contribution >= 0.6 is 0 Å². The summed E-state index contributed by atoms with van der Waals surface area (Å²) in [5.41, 5.74) is 4.63. The highest BCUT2D eigenvalue weighted by molar-refractivity contribution is 5.93. The molecule has 8 heteroatoms. The van der Waals surface area contributed by atoms with Crippen LogP contribution in [0, 0.1) is 10.1 Å². The number of carbonyl (C=O) groups excluding carboxylic acids is 2. The minimum Gasteiger partial charge on any atom is -0.482 e. The summed E-state index contributed by atoms with van der Waals surface area (Å²) in [7, 11) is 0.